The lowest BCUT2D eigenvalue weighted by Gasteiger charge is -2.26. The van der Waals surface area contributed by atoms with Gasteiger partial charge in [-0.25, -0.2) is 14.4 Å². The quantitative estimate of drug-likeness (QED) is 0.189. The van der Waals surface area contributed by atoms with Crippen molar-refractivity contribution in [2.45, 2.75) is 64.8 Å². The monoisotopic (exact) mass is 598 g/mol. The number of nitrogens with one attached hydrogen (secondary N) is 1. The molecule has 1 atom stereocenters. The van der Waals surface area contributed by atoms with Crippen LogP contribution in [0.15, 0.2) is 97.2 Å². The lowest BCUT2D eigenvalue weighted by molar-refractivity contribution is 0.256. The van der Waals surface area contributed by atoms with E-state index in [1.54, 1.807) is 15.8 Å². The zero-order valence-electron chi connectivity index (χ0n) is 26.6. The van der Waals surface area contributed by atoms with Gasteiger partial charge in [0.2, 0.25) is 0 Å². The highest BCUT2D eigenvalue weighted by molar-refractivity contribution is 6.09. The van der Waals surface area contributed by atoms with Gasteiger partial charge < -0.3 is 11.1 Å². The molecule has 0 aliphatic heterocycles. The van der Waals surface area contributed by atoms with Gasteiger partial charge in [0.25, 0.3) is 0 Å². The topological polar surface area (TPSA) is 89.1 Å². The minimum Gasteiger partial charge on any atom is -0.351 e. The maximum absolute atomic E-state index is 13.3. The van der Waals surface area contributed by atoms with Gasteiger partial charge in [-0.05, 0) is 79.4 Å². The number of fused-ring (bicyclic) bond motifs is 1. The van der Waals surface area contributed by atoms with E-state index < -0.39 is 6.03 Å². The molecule has 3 aromatic carbocycles. The average Bonchev–Trinajstić information content (AvgIpc) is 3.48. The Hall–Kier alpha value is -4.75. The molecule has 45 heavy (non-hydrogen) atoms. The third-order valence-electron chi connectivity index (χ3n) is 8.56. The van der Waals surface area contributed by atoms with E-state index in [-0.39, 0.29) is 5.41 Å². The number of hydrogen-bond acceptors (Lipinski definition) is 4. The predicted octanol–water partition coefficient (Wildman–Crippen LogP) is 8.01. The number of allylic oxidation sites excluding steroid dienone is 1. The number of benzene rings is 3. The van der Waals surface area contributed by atoms with Gasteiger partial charge in [0.05, 0.1) is 23.3 Å². The molecule has 0 radical (unpaired) electrons. The van der Waals surface area contributed by atoms with Crippen LogP contribution in [-0.2, 0) is 11.8 Å². The molecule has 6 rings (SSSR count). The van der Waals surface area contributed by atoms with Crippen LogP contribution in [-0.4, -0.2) is 33.4 Å². The lowest BCUT2D eigenvalue weighted by Crippen LogP contribution is -2.33. The first kappa shape index (κ1) is 30.3. The normalized spacial score (nSPS) is 15.2. The van der Waals surface area contributed by atoms with Crippen molar-refractivity contribution < 1.29 is 4.79 Å². The molecule has 3 N–H and O–H groups in total. The number of hydrogen-bond donors (Lipinski definition) is 2. The van der Waals surface area contributed by atoms with E-state index in [9.17, 15) is 4.79 Å². The molecule has 0 bridgehead atoms. The molecule has 5 aromatic rings. The highest BCUT2D eigenvalue weighted by atomic mass is 16.2. The number of aromatic nitrogens is 3. The van der Waals surface area contributed by atoms with Crippen molar-refractivity contribution in [3.8, 4) is 5.69 Å². The zero-order valence-corrected chi connectivity index (χ0v) is 26.6. The molecule has 230 valence electrons. The van der Waals surface area contributed by atoms with Gasteiger partial charge in [-0.1, -0.05) is 87.5 Å². The zero-order chi connectivity index (χ0) is 31.6. The van der Waals surface area contributed by atoms with Crippen LogP contribution in [0.2, 0.25) is 0 Å². The molecule has 2 aromatic heterocycles. The number of anilines is 2. The molecule has 7 heteroatoms. The number of urea groups is 1. The maximum atomic E-state index is 13.3. The van der Waals surface area contributed by atoms with Crippen LogP contribution in [0, 0.1) is 6.92 Å². The van der Waals surface area contributed by atoms with Gasteiger partial charge in [-0.2, -0.15) is 5.10 Å². The Morgan fingerprint density at radius 2 is 1.76 bits per heavy atom. The number of primary amides is 1. The summed E-state index contributed by atoms with van der Waals surface area (Å²) in [5.41, 5.74) is 13.0. The number of amides is 2. The van der Waals surface area contributed by atoms with Crippen LogP contribution in [0.3, 0.4) is 0 Å². The van der Waals surface area contributed by atoms with Gasteiger partial charge >= 0.3 is 6.03 Å². The van der Waals surface area contributed by atoms with E-state index >= 15 is 0 Å². The molecule has 7 nitrogen and oxygen atoms in total. The van der Waals surface area contributed by atoms with E-state index in [1.807, 2.05) is 37.3 Å². The summed E-state index contributed by atoms with van der Waals surface area (Å²) in [7, 11) is 0. The molecule has 1 unspecified atom stereocenters. The summed E-state index contributed by atoms with van der Waals surface area (Å²) in [6, 6.07) is 28.7. The molecule has 1 aliphatic rings. The second kappa shape index (κ2) is 12.7. The number of aryl methyl sites for hydroxylation is 1. The minimum absolute atomic E-state index is 0.244. The van der Waals surface area contributed by atoms with Crippen molar-refractivity contribution in [2.75, 3.05) is 11.4 Å². The summed E-state index contributed by atoms with van der Waals surface area (Å²) in [5, 5.41) is 10.8. The van der Waals surface area contributed by atoms with Crippen LogP contribution >= 0.6 is 0 Å². The summed E-state index contributed by atoms with van der Waals surface area (Å²) < 4.78 is 1.77. The van der Waals surface area contributed by atoms with Gasteiger partial charge in [0, 0.05) is 28.6 Å². The fourth-order valence-electron chi connectivity index (χ4n) is 6.14. The van der Waals surface area contributed by atoms with Crippen LogP contribution in [0.5, 0.6) is 0 Å². The van der Waals surface area contributed by atoms with E-state index in [0.29, 0.717) is 11.9 Å². The highest BCUT2D eigenvalue weighted by Crippen LogP contribution is 2.40. The Balaban J connectivity index is 1.38. The Morgan fingerprint density at radius 1 is 1.00 bits per heavy atom. The minimum atomic E-state index is -0.575. The van der Waals surface area contributed by atoms with Crippen molar-refractivity contribution in [2.24, 2.45) is 5.73 Å². The first-order valence-electron chi connectivity index (χ1n) is 15.8. The van der Waals surface area contributed by atoms with Gasteiger partial charge in [-0.3, -0.25) is 4.98 Å². The van der Waals surface area contributed by atoms with E-state index in [0.717, 1.165) is 65.8 Å². The maximum Gasteiger partial charge on any atom is 0.325 e. The first-order valence-corrected chi connectivity index (χ1v) is 15.8. The molecular formula is C38H42N6O. The summed E-state index contributed by atoms with van der Waals surface area (Å²) in [5.74, 6) is 0.579. The summed E-state index contributed by atoms with van der Waals surface area (Å²) >= 11 is 0. The standard InChI is InChI=1S/C38H42N6O/c1-26-17-18-30(25-41-26)44-36(24-35(42-44)38(2,3)4)43(37(39)45)34-20-19-31(32-15-8-9-16-33(32)34)28-13-10-14-29(23-28)40-22-21-27-11-6-5-7-12-27/h5-9,11-12,15-20,23-25,29,40H,10,13-14,21-22H2,1-4H3,(H2,39,45). The van der Waals surface area contributed by atoms with Crippen LogP contribution in [0.25, 0.3) is 22.0 Å². The van der Waals surface area contributed by atoms with Gasteiger partial charge in [0.15, 0.2) is 0 Å². The first-order chi connectivity index (χ1) is 21.7. The lowest BCUT2D eigenvalue weighted by atomic mass is 9.88. The fourth-order valence-corrected chi connectivity index (χ4v) is 6.14. The Morgan fingerprint density at radius 3 is 2.47 bits per heavy atom. The second-order valence-corrected chi connectivity index (χ2v) is 12.9. The van der Waals surface area contributed by atoms with Crippen molar-refractivity contribution >= 4 is 33.9 Å². The fraction of sp³-hybridized carbons (Fsp3) is 0.289. The molecule has 2 amide bonds. The second-order valence-electron chi connectivity index (χ2n) is 12.9. The van der Waals surface area contributed by atoms with Gasteiger partial charge in [0.1, 0.15) is 5.82 Å². The Kier molecular flexibility index (Phi) is 8.55. The number of carbonyl (C=O) groups excluding carboxylic acids is 1. The molecule has 1 aliphatic carbocycles. The number of pyridine rings is 1. The summed E-state index contributed by atoms with van der Waals surface area (Å²) in [6.45, 7) is 9.21. The Labute approximate surface area is 265 Å². The van der Waals surface area contributed by atoms with Gasteiger partial charge in [-0.15, -0.1) is 0 Å². The predicted molar refractivity (Wildman–Crippen MR) is 184 cm³/mol. The molecule has 2 heterocycles. The largest absolute Gasteiger partial charge is 0.351 e. The third-order valence-corrected chi connectivity index (χ3v) is 8.56. The number of nitrogens with two attached hydrogens (primary N) is 1. The number of rotatable bonds is 8. The summed E-state index contributed by atoms with van der Waals surface area (Å²) in [6.07, 6.45) is 8.44. The molecular weight excluding hydrogens is 556 g/mol. The van der Waals surface area contributed by atoms with Crippen molar-refractivity contribution in [3.63, 3.8) is 0 Å². The smallest absolute Gasteiger partial charge is 0.325 e. The van der Waals surface area contributed by atoms with E-state index in [1.165, 1.54) is 16.7 Å². The van der Waals surface area contributed by atoms with Crippen molar-refractivity contribution in [1.82, 2.24) is 20.1 Å². The van der Waals surface area contributed by atoms with Crippen LogP contribution in [0.1, 0.15) is 62.5 Å². The molecule has 0 saturated carbocycles. The third kappa shape index (κ3) is 6.54. The molecule has 0 saturated heterocycles. The van der Waals surface area contributed by atoms with E-state index in [2.05, 4.69) is 91.7 Å². The number of nitrogens with zero attached hydrogens (tertiary/aromatic N) is 4. The average molecular weight is 599 g/mol. The van der Waals surface area contributed by atoms with Crippen molar-refractivity contribution in [1.29, 1.82) is 0 Å². The van der Waals surface area contributed by atoms with Crippen molar-refractivity contribution in [3.05, 3.63) is 120 Å². The SMILES string of the molecule is Cc1ccc(-n2nc(C(C)(C)C)cc2N(C(N)=O)c2ccc(C3=CC(NCCc4ccccc4)CCC3)c3ccccc23)cn1. The summed E-state index contributed by atoms with van der Waals surface area (Å²) in [4.78, 5) is 19.4. The van der Waals surface area contributed by atoms with E-state index in [4.69, 9.17) is 10.8 Å². The molecule has 0 spiro atoms. The number of carbonyl (C=O) groups is 1. The highest BCUT2D eigenvalue weighted by Gasteiger charge is 2.28. The Bertz CT molecular complexity index is 1830. The van der Waals surface area contributed by atoms with Crippen LogP contribution in [0.4, 0.5) is 16.3 Å². The van der Waals surface area contributed by atoms with Crippen LogP contribution < -0.4 is 16.0 Å². The molecule has 0 fully saturated rings.